The Hall–Kier alpha value is -1.64. The highest BCUT2D eigenvalue weighted by Crippen LogP contribution is 2.10. The van der Waals surface area contributed by atoms with Crippen LogP contribution in [-0.2, 0) is 21.2 Å². The average Bonchev–Trinajstić information content (AvgIpc) is 3.03. The minimum atomic E-state index is -3.63. The molecule has 1 unspecified atom stereocenters. The van der Waals surface area contributed by atoms with Crippen LogP contribution in [-0.4, -0.2) is 47.2 Å². The second-order valence-electron chi connectivity index (χ2n) is 5.45. The molecule has 0 radical (unpaired) electrons. The van der Waals surface area contributed by atoms with E-state index in [0.717, 1.165) is 43.9 Å². The summed E-state index contributed by atoms with van der Waals surface area (Å²) < 4.78 is 28.0. The number of hydrogen-bond acceptors (Lipinski definition) is 4. The van der Waals surface area contributed by atoms with E-state index >= 15 is 0 Å². The standard InChI is InChI=1S/C15H24N4O3S/c1-17-15(19-11-13-3-2-10-22-13)18-9-8-12-4-6-14(7-5-12)23(16,20)21/h4-7,13H,2-3,8-11H2,1H3,(H2,16,20,21)(H2,17,18,19). The third kappa shape index (κ3) is 5.81. The fourth-order valence-corrected chi connectivity index (χ4v) is 2.92. The number of rotatable bonds is 6. The molecule has 1 atom stereocenters. The molecule has 23 heavy (non-hydrogen) atoms. The maximum Gasteiger partial charge on any atom is 0.238 e. The molecular formula is C15H24N4O3S. The van der Waals surface area contributed by atoms with Crippen LogP contribution >= 0.6 is 0 Å². The maximum atomic E-state index is 11.2. The summed E-state index contributed by atoms with van der Waals surface area (Å²) in [6, 6.07) is 6.58. The third-order valence-corrected chi connectivity index (χ3v) is 4.63. The number of benzene rings is 1. The first-order chi connectivity index (χ1) is 11.0. The minimum Gasteiger partial charge on any atom is -0.376 e. The summed E-state index contributed by atoms with van der Waals surface area (Å²) in [7, 11) is -1.90. The molecule has 1 fully saturated rings. The van der Waals surface area contributed by atoms with E-state index in [1.165, 1.54) is 12.1 Å². The normalized spacial score (nSPS) is 18.9. The van der Waals surface area contributed by atoms with Crippen molar-refractivity contribution in [3.05, 3.63) is 29.8 Å². The zero-order chi connectivity index (χ0) is 16.7. The van der Waals surface area contributed by atoms with Gasteiger partial charge in [-0.25, -0.2) is 13.6 Å². The van der Waals surface area contributed by atoms with Gasteiger partial charge in [0.25, 0.3) is 0 Å². The van der Waals surface area contributed by atoms with Crippen LogP contribution in [0, 0.1) is 0 Å². The van der Waals surface area contributed by atoms with Crippen molar-refractivity contribution in [1.82, 2.24) is 10.6 Å². The smallest absolute Gasteiger partial charge is 0.238 e. The van der Waals surface area contributed by atoms with Crippen molar-refractivity contribution < 1.29 is 13.2 Å². The van der Waals surface area contributed by atoms with Crippen molar-refractivity contribution in [2.75, 3.05) is 26.7 Å². The molecule has 0 bridgehead atoms. The second-order valence-corrected chi connectivity index (χ2v) is 7.02. The van der Waals surface area contributed by atoms with Crippen molar-refractivity contribution in [2.45, 2.75) is 30.3 Å². The van der Waals surface area contributed by atoms with Crippen molar-refractivity contribution in [1.29, 1.82) is 0 Å². The molecule has 1 aliphatic heterocycles. The predicted octanol–water partition coefficient (Wildman–Crippen LogP) is 0.221. The van der Waals surface area contributed by atoms with Gasteiger partial charge in [-0.05, 0) is 37.0 Å². The highest BCUT2D eigenvalue weighted by molar-refractivity contribution is 7.89. The first-order valence-corrected chi connectivity index (χ1v) is 9.21. The number of primary sulfonamides is 1. The van der Waals surface area contributed by atoms with E-state index in [9.17, 15) is 8.42 Å². The fraction of sp³-hybridized carbons (Fsp3) is 0.533. The summed E-state index contributed by atoms with van der Waals surface area (Å²) in [4.78, 5) is 4.30. The zero-order valence-corrected chi connectivity index (χ0v) is 14.1. The topological polar surface area (TPSA) is 106 Å². The second kappa shape index (κ2) is 8.28. The van der Waals surface area contributed by atoms with Gasteiger partial charge >= 0.3 is 0 Å². The fourth-order valence-electron chi connectivity index (χ4n) is 2.41. The molecule has 8 heteroatoms. The molecule has 0 saturated carbocycles. The molecule has 7 nitrogen and oxygen atoms in total. The molecule has 0 amide bonds. The summed E-state index contributed by atoms with van der Waals surface area (Å²) in [5.41, 5.74) is 1.03. The van der Waals surface area contributed by atoms with Crippen molar-refractivity contribution in [3.8, 4) is 0 Å². The summed E-state index contributed by atoms with van der Waals surface area (Å²) in [5.74, 6) is 0.738. The van der Waals surface area contributed by atoms with Gasteiger partial charge in [-0.2, -0.15) is 0 Å². The lowest BCUT2D eigenvalue weighted by molar-refractivity contribution is 0.114. The van der Waals surface area contributed by atoms with Gasteiger partial charge < -0.3 is 15.4 Å². The molecule has 1 aromatic carbocycles. The number of nitrogens with zero attached hydrogens (tertiary/aromatic N) is 1. The molecule has 0 aliphatic carbocycles. The van der Waals surface area contributed by atoms with Gasteiger partial charge in [0.15, 0.2) is 5.96 Å². The van der Waals surface area contributed by atoms with Crippen LogP contribution < -0.4 is 15.8 Å². The van der Waals surface area contributed by atoms with Crippen molar-refractivity contribution in [2.24, 2.45) is 10.1 Å². The lowest BCUT2D eigenvalue weighted by Crippen LogP contribution is -2.41. The monoisotopic (exact) mass is 340 g/mol. The van der Waals surface area contributed by atoms with Crippen LogP contribution in [0.15, 0.2) is 34.2 Å². The number of nitrogens with one attached hydrogen (secondary N) is 2. The predicted molar refractivity (Wildman–Crippen MR) is 89.9 cm³/mol. The van der Waals surface area contributed by atoms with Gasteiger partial charge in [-0.15, -0.1) is 0 Å². The Morgan fingerprint density at radius 3 is 2.65 bits per heavy atom. The van der Waals surface area contributed by atoms with Crippen LogP contribution in [0.4, 0.5) is 0 Å². The highest BCUT2D eigenvalue weighted by Gasteiger charge is 2.15. The Labute approximate surface area is 137 Å². The van der Waals surface area contributed by atoms with Crippen molar-refractivity contribution >= 4 is 16.0 Å². The molecule has 2 rings (SSSR count). The maximum absolute atomic E-state index is 11.2. The average molecular weight is 340 g/mol. The van der Waals surface area contributed by atoms with Crippen molar-refractivity contribution in [3.63, 3.8) is 0 Å². The molecule has 128 valence electrons. The number of sulfonamides is 1. The largest absolute Gasteiger partial charge is 0.376 e. The number of aliphatic imine (C=N–C) groups is 1. The Kier molecular flexibility index (Phi) is 6.37. The number of hydrogen-bond donors (Lipinski definition) is 3. The highest BCUT2D eigenvalue weighted by atomic mass is 32.2. The summed E-state index contributed by atoms with van der Waals surface area (Å²) in [6.45, 7) is 2.29. The Balaban J connectivity index is 1.74. The molecule has 1 aromatic rings. The van der Waals surface area contributed by atoms with Gasteiger partial charge in [0, 0.05) is 26.7 Å². The van der Waals surface area contributed by atoms with Crippen LogP contribution in [0.3, 0.4) is 0 Å². The van der Waals surface area contributed by atoms with Gasteiger partial charge in [0.1, 0.15) is 0 Å². The molecule has 1 heterocycles. The quantitative estimate of drug-likeness (QED) is 0.507. The van der Waals surface area contributed by atoms with Crippen LogP contribution in [0.1, 0.15) is 18.4 Å². The van der Waals surface area contributed by atoms with E-state index in [-0.39, 0.29) is 11.0 Å². The number of nitrogens with two attached hydrogens (primary N) is 1. The summed E-state index contributed by atoms with van der Waals surface area (Å²) >= 11 is 0. The van der Waals surface area contributed by atoms with E-state index in [4.69, 9.17) is 9.88 Å². The van der Waals surface area contributed by atoms with Crippen LogP contribution in [0.25, 0.3) is 0 Å². The molecular weight excluding hydrogens is 316 g/mol. The van der Waals surface area contributed by atoms with Crippen LogP contribution in [0.5, 0.6) is 0 Å². The lowest BCUT2D eigenvalue weighted by atomic mass is 10.1. The first-order valence-electron chi connectivity index (χ1n) is 7.67. The van der Waals surface area contributed by atoms with E-state index in [1.807, 2.05) is 0 Å². The van der Waals surface area contributed by atoms with Crippen LogP contribution in [0.2, 0.25) is 0 Å². The minimum absolute atomic E-state index is 0.128. The Morgan fingerprint density at radius 1 is 1.35 bits per heavy atom. The van der Waals surface area contributed by atoms with Gasteiger partial charge in [0.05, 0.1) is 11.0 Å². The summed E-state index contributed by atoms with van der Waals surface area (Å²) in [5, 5.41) is 11.5. The Morgan fingerprint density at radius 2 is 2.09 bits per heavy atom. The van der Waals surface area contributed by atoms with Gasteiger partial charge in [0.2, 0.25) is 10.0 Å². The summed E-state index contributed by atoms with van der Waals surface area (Å²) in [6.07, 6.45) is 3.22. The number of ether oxygens (including phenoxy) is 1. The van der Waals surface area contributed by atoms with E-state index in [0.29, 0.717) is 6.54 Å². The SMILES string of the molecule is CN=C(NCCc1ccc(S(N)(=O)=O)cc1)NCC1CCCO1. The molecule has 0 spiro atoms. The zero-order valence-electron chi connectivity index (χ0n) is 13.3. The lowest BCUT2D eigenvalue weighted by Gasteiger charge is -2.15. The van der Waals surface area contributed by atoms with E-state index in [2.05, 4.69) is 15.6 Å². The van der Waals surface area contributed by atoms with E-state index in [1.54, 1.807) is 19.2 Å². The van der Waals surface area contributed by atoms with Gasteiger partial charge in [-0.1, -0.05) is 12.1 Å². The molecule has 0 aromatic heterocycles. The molecule has 4 N–H and O–H groups in total. The molecule has 1 saturated heterocycles. The number of guanidine groups is 1. The van der Waals surface area contributed by atoms with E-state index < -0.39 is 10.0 Å². The third-order valence-electron chi connectivity index (χ3n) is 3.70. The van der Waals surface area contributed by atoms with Gasteiger partial charge in [-0.3, -0.25) is 4.99 Å². The Bertz CT molecular complexity index is 623. The molecule has 1 aliphatic rings. The first kappa shape index (κ1) is 17.7.